The van der Waals surface area contributed by atoms with E-state index >= 15 is 0 Å². The van der Waals surface area contributed by atoms with Gasteiger partial charge in [-0.3, -0.25) is 0 Å². The number of rotatable bonds is 3. The van der Waals surface area contributed by atoms with Gasteiger partial charge in [0, 0.05) is 18.8 Å². The molecule has 1 unspecified atom stereocenters. The minimum Gasteiger partial charge on any atom is -0.399 e. The number of nitrogens with two attached hydrogens (primary N) is 1. The molecule has 1 aromatic heterocycles. The van der Waals surface area contributed by atoms with Crippen LogP contribution in [0.1, 0.15) is 20.8 Å². The van der Waals surface area contributed by atoms with Crippen LogP contribution >= 0.6 is 11.3 Å². The number of benzene rings is 1. The molecule has 92 valence electrons. The second-order valence-electron chi connectivity index (χ2n) is 4.82. The molecule has 3 nitrogen and oxygen atoms in total. The lowest BCUT2D eigenvalue weighted by Gasteiger charge is -2.27. The van der Waals surface area contributed by atoms with Crippen LogP contribution < -0.4 is 10.6 Å². The van der Waals surface area contributed by atoms with Gasteiger partial charge in [-0.05, 0) is 31.0 Å². The molecule has 1 aromatic carbocycles. The Balaban J connectivity index is 2.36. The van der Waals surface area contributed by atoms with Gasteiger partial charge in [0.15, 0.2) is 5.13 Å². The summed E-state index contributed by atoms with van der Waals surface area (Å²) in [5.41, 5.74) is 7.61. The number of aromatic nitrogens is 1. The van der Waals surface area contributed by atoms with Crippen molar-refractivity contribution in [1.82, 2.24) is 4.98 Å². The van der Waals surface area contributed by atoms with E-state index in [9.17, 15) is 0 Å². The summed E-state index contributed by atoms with van der Waals surface area (Å²) in [7, 11) is 2.10. The molecule has 2 N–H and O–H groups in total. The first-order valence-corrected chi connectivity index (χ1v) is 6.69. The molecule has 0 saturated carbocycles. The van der Waals surface area contributed by atoms with Crippen molar-refractivity contribution in [2.45, 2.75) is 26.8 Å². The lowest BCUT2D eigenvalue weighted by Crippen LogP contribution is -2.32. The van der Waals surface area contributed by atoms with E-state index in [1.807, 2.05) is 18.2 Å². The van der Waals surface area contributed by atoms with Crippen molar-refractivity contribution in [3.63, 3.8) is 0 Å². The van der Waals surface area contributed by atoms with Gasteiger partial charge in [0.2, 0.25) is 0 Å². The molecule has 1 atom stereocenters. The summed E-state index contributed by atoms with van der Waals surface area (Å²) >= 11 is 1.70. The Labute approximate surface area is 106 Å². The molecule has 17 heavy (non-hydrogen) atoms. The van der Waals surface area contributed by atoms with Crippen molar-refractivity contribution in [1.29, 1.82) is 0 Å². The second-order valence-corrected chi connectivity index (χ2v) is 5.83. The number of nitrogens with zero attached hydrogens (tertiary/aromatic N) is 2. The highest BCUT2D eigenvalue weighted by atomic mass is 32.1. The molecule has 0 amide bonds. The van der Waals surface area contributed by atoms with Gasteiger partial charge in [0.25, 0.3) is 0 Å². The summed E-state index contributed by atoms with van der Waals surface area (Å²) in [6.45, 7) is 6.68. The molecule has 0 aliphatic heterocycles. The monoisotopic (exact) mass is 249 g/mol. The van der Waals surface area contributed by atoms with Gasteiger partial charge in [0.05, 0.1) is 10.2 Å². The molecule has 0 aliphatic rings. The highest BCUT2D eigenvalue weighted by Gasteiger charge is 2.16. The summed E-state index contributed by atoms with van der Waals surface area (Å²) in [4.78, 5) is 6.89. The fraction of sp³-hybridized carbons (Fsp3) is 0.462. The summed E-state index contributed by atoms with van der Waals surface area (Å²) < 4.78 is 1.16. The first-order valence-electron chi connectivity index (χ1n) is 5.88. The highest BCUT2D eigenvalue weighted by Crippen LogP contribution is 2.31. The first-order chi connectivity index (χ1) is 7.99. The fourth-order valence-corrected chi connectivity index (χ4v) is 2.77. The number of hydrogen-bond acceptors (Lipinski definition) is 4. The van der Waals surface area contributed by atoms with E-state index in [2.05, 4.69) is 37.7 Å². The van der Waals surface area contributed by atoms with Crippen LogP contribution in [0.5, 0.6) is 0 Å². The topological polar surface area (TPSA) is 42.2 Å². The molecule has 2 aromatic rings. The van der Waals surface area contributed by atoms with Gasteiger partial charge < -0.3 is 10.6 Å². The molecule has 0 radical (unpaired) electrons. The van der Waals surface area contributed by atoms with Gasteiger partial charge in [-0.15, -0.1) is 0 Å². The Morgan fingerprint density at radius 2 is 2.00 bits per heavy atom. The summed E-state index contributed by atoms with van der Waals surface area (Å²) in [5.74, 6) is 0.608. The zero-order valence-corrected chi connectivity index (χ0v) is 11.6. The molecular weight excluding hydrogens is 230 g/mol. The minimum atomic E-state index is 0.480. The maximum atomic E-state index is 5.78. The Morgan fingerprint density at radius 3 is 2.65 bits per heavy atom. The van der Waals surface area contributed by atoms with Crippen LogP contribution in [-0.2, 0) is 0 Å². The standard InChI is InChI=1S/C13H19N3S/c1-8(2)9(3)16(4)13-15-11-6-5-10(14)7-12(11)17-13/h5-9H,14H2,1-4H3. The zero-order chi connectivity index (χ0) is 12.6. The number of anilines is 2. The fourth-order valence-electron chi connectivity index (χ4n) is 1.70. The van der Waals surface area contributed by atoms with Crippen molar-refractivity contribution >= 4 is 32.4 Å². The molecule has 0 fully saturated rings. The van der Waals surface area contributed by atoms with Crippen LogP contribution in [0.4, 0.5) is 10.8 Å². The average molecular weight is 249 g/mol. The molecule has 0 spiro atoms. The van der Waals surface area contributed by atoms with Crippen LogP contribution in [0.2, 0.25) is 0 Å². The number of fused-ring (bicyclic) bond motifs is 1. The minimum absolute atomic E-state index is 0.480. The molecule has 0 bridgehead atoms. The van der Waals surface area contributed by atoms with Crippen LogP contribution in [0, 0.1) is 5.92 Å². The van der Waals surface area contributed by atoms with Gasteiger partial charge in [-0.25, -0.2) is 4.98 Å². The van der Waals surface area contributed by atoms with Crippen molar-refractivity contribution < 1.29 is 0 Å². The summed E-state index contributed by atoms with van der Waals surface area (Å²) in [5, 5.41) is 1.06. The Hall–Kier alpha value is -1.29. The van der Waals surface area contributed by atoms with E-state index < -0.39 is 0 Å². The third kappa shape index (κ3) is 2.36. The lowest BCUT2D eigenvalue weighted by atomic mass is 10.1. The van der Waals surface area contributed by atoms with Crippen LogP contribution in [0.25, 0.3) is 10.2 Å². The van der Waals surface area contributed by atoms with Gasteiger partial charge in [-0.2, -0.15) is 0 Å². The molecule has 1 heterocycles. The molecule has 0 saturated heterocycles. The number of hydrogen-bond donors (Lipinski definition) is 1. The van der Waals surface area contributed by atoms with E-state index in [0.717, 1.165) is 21.0 Å². The average Bonchev–Trinajstić information content (AvgIpc) is 2.69. The highest BCUT2D eigenvalue weighted by molar-refractivity contribution is 7.22. The lowest BCUT2D eigenvalue weighted by molar-refractivity contribution is 0.505. The van der Waals surface area contributed by atoms with Gasteiger partial charge >= 0.3 is 0 Å². The molecule has 2 rings (SSSR count). The van der Waals surface area contributed by atoms with E-state index in [1.54, 1.807) is 11.3 Å². The third-order valence-corrected chi connectivity index (χ3v) is 4.39. The summed E-state index contributed by atoms with van der Waals surface area (Å²) in [6, 6.07) is 6.36. The predicted molar refractivity (Wildman–Crippen MR) is 76.7 cm³/mol. The predicted octanol–water partition coefficient (Wildman–Crippen LogP) is 3.36. The van der Waals surface area contributed by atoms with E-state index in [4.69, 9.17) is 5.73 Å². The first kappa shape index (κ1) is 12.2. The van der Waals surface area contributed by atoms with Crippen molar-refractivity contribution in [2.75, 3.05) is 17.7 Å². The van der Waals surface area contributed by atoms with Crippen molar-refractivity contribution in [3.05, 3.63) is 18.2 Å². The van der Waals surface area contributed by atoms with Gasteiger partial charge in [0.1, 0.15) is 0 Å². The van der Waals surface area contributed by atoms with E-state index in [-0.39, 0.29) is 0 Å². The zero-order valence-electron chi connectivity index (χ0n) is 10.8. The summed E-state index contributed by atoms with van der Waals surface area (Å²) in [6.07, 6.45) is 0. The Bertz CT molecular complexity index is 518. The molecular formula is C13H19N3S. The largest absolute Gasteiger partial charge is 0.399 e. The molecule has 0 aliphatic carbocycles. The maximum Gasteiger partial charge on any atom is 0.186 e. The number of thiazole rings is 1. The van der Waals surface area contributed by atoms with Gasteiger partial charge in [-0.1, -0.05) is 25.2 Å². The maximum absolute atomic E-state index is 5.78. The second kappa shape index (κ2) is 4.53. The van der Waals surface area contributed by atoms with E-state index in [0.29, 0.717) is 12.0 Å². The normalized spacial score (nSPS) is 13.2. The number of nitrogen functional groups attached to an aromatic ring is 1. The van der Waals surface area contributed by atoms with Crippen molar-refractivity contribution in [2.24, 2.45) is 5.92 Å². The van der Waals surface area contributed by atoms with Crippen LogP contribution in [0.15, 0.2) is 18.2 Å². The smallest absolute Gasteiger partial charge is 0.186 e. The molecule has 4 heteroatoms. The van der Waals surface area contributed by atoms with Crippen LogP contribution in [-0.4, -0.2) is 18.1 Å². The quantitative estimate of drug-likeness (QED) is 0.848. The third-order valence-electron chi connectivity index (χ3n) is 3.28. The van der Waals surface area contributed by atoms with Crippen molar-refractivity contribution in [3.8, 4) is 0 Å². The Kier molecular flexibility index (Phi) is 3.24. The van der Waals surface area contributed by atoms with E-state index in [1.165, 1.54) is 0 Å². The Morgan fingerprint density at radius 1 is 1.29 bits per heavy atom. The van der Waals surface area contributed by atoms with Crippen LogP contribution in [0.3, 0.4) is 0 Å². The SMILES string of the molecule is CC(C)C(C)N(C)c1nc2ccc(N)cc2s1.